The fourth-order valence-electron chi connectivity index (χ4n) is 5.82. The number of carbonyl (C=O) groups excluding carboxylic acids is 2. The molecule has 1 saturated heterocycles. The first kappa shape index (κ1) is 30.5. The summed E-state index contributed by atoms with van der Waals surface area (Å²) in [4.78, 5) is 51.5. The van der Waals surface area contributed by atoms with E-state index in [-0.39, 0.29) is 29.7 Å². The maximum absolute atomic E-state index is 12.6. The Hall–Kier alpha value is -3.02. The van der Waals surface area contributed by atoms with Crippen LogP contribution in [-0.2, 0) is 23.5 Å². The van der Waals surface area contributed by atoms with Gasteiger partial charge in [-0.25, -0.2) is 9.59 Å². The number of benzene rings is 1. The highest BCUT2D eigenvalue weighted by Gasteiger charge is 2.57. The molecule has 1 aliphatic rings. The van der Waals surface area contributed by atoms with E-state index in [0.717, 1.165) is 5.19 Å². The second-order valence-electron chi connectivity index (χ2n) is 12.0. The molecule has 3 atom stereocenters. The molecule has 1 unspecified atom stereocenters. The van der Waals surface area contributed by atoms with Crippen molar-refractivity contribution < 1.29 is 23.5 Å². The number of nitrogens with one attached hydrogen (secondary N) is 2. The van der Waals surface area contributed by atoms with Crippen LogP contribution in [-0.4, -0.2) is 55.1 Å². The minimum absolute atomic E-state index is 0.0665. The molecule has 1 aromatic carbocycles. The molecule has 1 aromatic heterocycles. The zero-order valence-electron chi connectivity index (χ0n) is 24.1. The summed E-state index contributed by atoms with van der Waals surface area (Å²) in [6.07, 6.45) is 0.168. The van der Waals surface area contributed by atoms with Crippen molar-refractivity contribution in [3.63, 3.8) is 0 Å². The normalized spacial score (nSPS) is 20.1. The summed E-state index contributed by atoms with van der Waals surface area (Å²) in [6, 6.07) is 9.55. The number of aryl methyl sites for hydroxylation is 1. The van der Waals surface area contributed by atoms with Crippen LogP contribution in [0.1, 0.15) is 66.7 Å². The van der Waals surface area contributed by atoms with E-state index in [2.05, 4.69) is 64.0 Å². The van der Waals surface area contributed by atoms with Crippen molar-refractivity contribution in [3.8, 4) is 0 Å². The maximum atomic E-state index is 12.6. The lowest BCUT2D eigenvalue weighted by Crippen LogP contribution is -2.64. The number of hydrogen-bond acceptors (Lipinski definition) is 7. The molecule has 2 N–H and O–H groups in total. The molecule has 0 saturated carbocycles. The molecule has 2 aromatic rings. The summed E-state index contributed by atoms with van der Waals surface area (Å²) < 4.78 is 19.5. The summed E-state index contributed by atoms with van der Waals surface area (Å²) in [6.45, 7) is 16.5. The molecule has 0 spiro atoms. The first-order valence-corrected chi connectivity index (χ1v) is 15.2. The Morgan fingerprint density at radius 2 is 1.72 bits per heavy atom. The van der Waals surface area contributed by atoms with Crippen LogP contribution in [0, 0.1) is 6.92 Å². The van der Waals surface area contributed by atoms with Gasteiger partial charge in [-0.15, -0.1) is 0 Å². The van der Waals surface area contributed by atoms with Gasteiger partial charge in [-0.2, -0.15) is 0 Å². The van der Waals surface area contributed by atoms with Crippen LogP contribution in [0.15, 0.2) is 46.1 Å². The number of rotatable bonds is 7. The Kier molecular flexibility index (Phi) is 9.08. The van der Waals surface area contributed by atoms with Crippen LogP contribution in [0.4, 0.5) is 0 Å². The van der Waals surface area contributed by atoms with Gasteiger partial charge >= 0.3 is 17.6 Å². The number of amides is 1. The average molecular weight is 560 g/mol. The monoisotopic (exact) mass is 559 g/mol. The Labute approximate surface area is 230 Å². The first-order valence-electron chi connectivity index (χ1n) is 13.3. The molecule has 0 radical (unpaired) electrons. The van der Waals surface area contributed by atoms with E-state index in [0.29, 0.717) is 5.56 Å². The van der Waals surface area contributed by atoms with Gasteiger partial charge in [0.25, 0.3) is 5.56 Å². The quantitative estimate of drug-likeness (QED) is 0.303. The van der Waals surface area contributed by atoms with Gasteiger partial charge in [-0.05, 0) is 29.1 Å². The molecule has 3 rings (SSSR count). The summed E-state index contributed by atoms with van der Waals surface area (Å²) in [5.74, 6) is -1.88. The molecular weight excluding hydrogens is 518 g/mol. The number of ether oxygens (including phenoxy) is 2. The molecule has 1 amide bonds. The Balaban J connectivity index is 1.99. The number of H-pyrrole nitrogens is 1. The third-order valence-corrected chi connectivity index (χ3v) is 13.2. The molecule has 39 heavy (non-hydrogen) atoms. The molecule has 10 nitrogen and oxygen atoms in total. The lowest BCUT2D eigenvalue weighted by Gasteiger charge is -2.51. The fraction of sp³-hybridized carbons (Fsp3) is 0.571. The highest BCUT2D eigenvalue weighted by atomic mass is 28.4. The molecule has 0 aliphatic carbocycles. The largest absolute Gasteiger partial charge is 0.459 e. The van der Waals surface area contributed by atoms with Gasteiger partial charge in [-0.3, -0.25) is 19.1 Å². The predicted molar refractivity (Wildman–Crippen MR) is 150 cm³/mol. The van der Waals surface area contributed by atoms with E-state index in [1.807, 2.05) is 18.2 Å². The van der Waals surface area contributed by atoms with Crippen molar-refractivity contribution in [1.29, 1.82) is 0 Å². The van der Waals surface area contributed by atoms with Crippen molar-refractivity contribution in [1.82, 2.24) is 14.9 Å². The zero-order valence-corrected chi connectivity index (χ0v) is 25.1. The summed E-state index contributed by atoms with van der Waals surface area (Å²) in [7, 11) is -2.78. The predicted octanol–water partition coefficient (Wildman–Crippen LogP) is 2.65. The van der Waals surface area contributed by atoms with E-state index < -0.39 is 49.8 Å². The number of nitrogens with zero attached hydrogens (tertiary/aromatic N) is 1. The average Bonchev–Trinajstić information content (AvgIpc) is 3.23. The zero-order chi connectivity index (χ0) is 29.2. The lowest BCUT2D eigenvalue weighted by molar-refractivity contribution is -0.155. The molecule has 1 fully saturated rings. The van der Waals surface area contributed by atoms with Crippen LogP contribution < -0.4 is 21.8 Å². The van der Waals surface area contributed by atoms with Gasteiger partial charge in [0.15, 0.2) is 0 Å². The van der Waals surface area contributed by atoms with Gasteiger partial charge in [-0.1, -0.05) is 71.9 Å². The van der Waals surface area contributed by atoms with E-state index in [9.17, 15) is 19.2 Å². The van der Waals surface area contributed by atoms with Crippen LogP contribution in [0.25, 0.3) is 0 Å². The van der Waals surface area contributed by atoms with Crippen LogP contribution >= 0.6 is 0 Å². The van der Waals surface area contributed by atoms with Crippen LogP contribution in [0.3, 0.4) is 0 Å². The minimum Gasteiger partial charge on any atom is -0.459 e. The number of aromatic amines is 1. The first-order chi connectivity index (χ1) is 18.1. The SMILES string of the molecule is CCOC(=O)C(=O)N[C@H]1CC(n2cc(C)c(=O)[nH]c2=O)O[C@@H]1CO[Si](c1ccccc1)(C(C)(C)C)C(C)(C)C. The van der Waals surface area contributed by atoms with Crippen LogP contribution in [0.2, 0.25) is 10.1 Å². The Morgan fingerprint density at radius 3 is 2.28 bits per heavy atom. The Bertz CT molecular complexity index is 1280. The minimum atomic E-state index is -2.78. The van der Waals surface area contributed by atoms with Crippen molar-refractivity contribution in [2.24, 2.45) is 0 Å². The molecule has 0 bridgehead atoms. The molecule has 1 aliphatic heterocycles. The second-order valence-corrected chi connectivity index (χ2v) is 17.2. The van der Waals surface area contributed by atoms with Gasteiger partial charge in [0, 0.05) is 18.2 Å². The maximum Gasteiger partial charge on any atom is 0.396 e. The second kappa shape index (κ2) is 11.6. The number of carbonyl (C=O) groups is 2. The van der Waals surface area contributed by atoms with Gasteiger partial charge < -0.3 is 19.2 Å². The van der Waals surface area contributed by atoms with Gasteiger partial charge in [0.05, 0.1) is 19.3 Å². The summed E-state index contributed by atoms with van der Waals surface area (Å²) in [5.41, 5.74) is -0.749. The van der Waals surface area contributed by atoms with Crippen molar-refractivity contribution in [2.45, 2.75) is 90.3 Å². The topological polar surface area (TPSA) is 129 Å². The van der Waals surface area contributed by atoms with Gasteiger partial charge in [0.1, 0.15) is 12.3 Å². The van der Waals surface area contributed by atoms with Crippen molar-refractivity contribution >= 4 is 25.4 Å². The number of aromatic nitrogens is 2. The Morgan fingerprint density at radius 1 is 1.10 bits per heavy atom. The lowest BCUT2D eigenvalue weighted by atomic mass is 10.1. The fourth-order valence-corrected chi connectivity index (χ4v) is 11.9. The highest BCUT2D eigenvalue weighted by molar-refractivity contribution is 6.91. The standard InChI is InChI=1S/C28H41N3O7Si/c1-9-36-25(34)24(33)29-20-15-22(31-16-18(2)23(32)30-26(31)35)38-21(20)17-37-39(27(3,4)5,28(6,7)8)19-13-11-10-12-14-19/h10-14,16,20-22H,9,15,17H2,1-8H3,(H,29,33)(H,30,32,35)/t20-,21+,22?/m0/s1. The van der Waals surface area contributed by atoms with Crippen molar-refractivity contribution in [3.05, 3.63) is 62.9 Å². The number of hydrogen-bond donors (Lipinski definition) is 2. The van der Waals surface area contributed by atoms with E-state index in [1.54, 1.807) is 13.8 Å². The number of esters is 1. The van der Waals surface area contributed by atoms with E-state index >= 15 is 0 Å². The molecular formula is C28H41N3O7Si. The highest BCUT2D eigenvalue weighted by Crippen LogP contribution is 2.51. The smallest absolute Gasteiger partial charge is 0.396 e. The van der Waals surface area contributed by atoms with Crippen LogP contribution in [0.5, 0.6) is 0 Å². The van der Waals surface area contributed by atoms with Gasteiger partial charge in [0.2, 0.25) is 8.32 Å². The third kappa shape index (κ3) is 6.26. The summed E-state index contributed by atoms with van der Waals surface area (Å²) >= 11 is 0. The third-order valence-electron chi connectivity index (χ3n) is 7.23. The van der Waals surface area contributed by atoms with E-state index in [4.69, 9.17) is 13.9 Å². The molecule has 11 heteroatoms. The molecule has 2 heterocycles. The molecule has 214 valence electrons. The van der Waals surface area contributed by atoms with Crippen molar-refractivity contribution in [2.75, 3.05) is 13.2 Å². The van der Waals surface area contributed by atoms with E-state index in [1.165, 1.54) is 10.8 Å². The summed E-state index contributed by atoms with van der Waals surface area (Å²) in [5, 5.41) is 3.42.